The van der Waals surface area contributed by atoms with Crippen LogP contribution >= 0.6 is 50.9 Å². The molecule has 1 fully saturated rings. The maximum atomic E-state index is 12.7. The molecular weight excluding hydrogens is 523 g/mol. The summed E-state index contributed by atoms with van der Waals surface area (Å²) >= 11 is 17.1. The third-order valence-corrected chi connectivity index (χ3v) is 6.65. The van der Waals surface area contributed by atoms with Gasteiger partial charge in [0.15, 0.2) is 16.7 Å². The van der Waals surface area contributed by atoms with Gasteiger partial charge in [-0.25, -0.2) is 0 Å². The Kier molecular flexibility index (Phi) is 8.33. The Labute approximate surface area is 204 Å². The summed E-state index contributed by atoms with van der Waals surface area (Å²) in [6.07, 6.45) is 1.83. The third kappa shape index (κ3) is 5.58. The number of benzene rings is 2. The Morgan fingerprint density at radius 3 is 2.65 bits per heavy atom. The lowest BCUT2D eigenvalue weighted by Crippen LogP contribution is -2.28. The summed E-state index contributed by atoms with van der Waals surface area (Å²) in [6.45, 7) is 5.34. The lowest BCUT2D eigenvalue weighted by Gasteiger charge is -2.14. The van der Waals surface area contributed by atoms with E-state index in [2.05, 4.69) is 20.9 Å². The SMILES string of the molecule is CCN=C1S/C(=C/c2cc(Br)c(OCc3ccc(Cl)cc3Cl)c(OC)c2)C(=O)N1CC. The summed E-state index contributed by atoms with van der Waals surface area (Å²) in [7, 11) is 1.57. The predicted octanol–water partition coefficient (Wildman–Crippen LogP) is 6.66. The number of likely N-dealkylation sites (N-methyl/N-ethyl adjacent to an activating group) is 1. The van der Waals surface area contributed by atoms with E-state index in [1.165, 1.54) is 11.8 Å². The molecule has 5 nitrogen and oxygen atoms in total. The van der Waals surface area contributed by atoms with E-state index in [1.807, 2.05) is 38.1 Å². The lowest BCUT2D eigenvalue weighted by molar-refractivity contribution is -0.122. The average Bonchev–Trinajstić information content (AvgIpc) is 3.02. The largest absolute Gasteiger partial charge is 0.493 e. The van der Waals surface area contributed by atoms with Gasteiger partial charge in [-0.15, -0.1) is 0 Å². The van der Waals surface area contributed by atoms with Gasteiger partial charge in [0.25, 0.3) is 5.91 Å². The minimum Gasteiger partial charge on any atom is -0.493 e. The highest BCUT2D eigenvalue weighted by Gasteiger charge is 2.31. The molecule has 1 amide bonds. The molecule has 0 radical (unpaired) electrons. The molecule has 2 aromatic rings. The number of amidine groups is 1. The third-order valence-electron chi connectivity index (χ3n) is 4.43. The second kappa shape index (κ2) is 10.8. The van der Waals surface area contributed by atoms with Crippen LogP contribution in [0.5, 0.6) is 11.5 Å². The number of thioether (sulfide) groups is 1. The smallest absolute Gasteiger partial charge is 0.266 e. The molecule has 164 valence electrons. The number of ether oxygens (including phenoxy) is 2. The molecule has 0 spiro atoms. The normalized spacial score (nSPS) is 16.5. The molecule has 0 bridgehead atoms. The van der Waals surface area contributed by atoms with Gasteiger partial charge in [-0.3, -0.25) is 14.7 Å². The number of rotatable bonds is 7. The molecule has 3 rings (SSSR count). The van der Waals surface area contributed by atoms with Gasteiger partial charge >= 0.3 is 0 Å². The molecule has 1 saturated heterocycles. The number of carbonyl (C=O) groups excluding carboxylic acids is 1. The first-order valence-electron chi connectivity index (χ1n) is 9.58. The van der Waals surface area contributed by atoms with Crippen molar-refractivity contribution < 1.29 is 14.3 Å². The van der Waals surface area contributed by atoms with Crippen LogP contribution in [0, 0.1) is 0 Å². The Bertz CT molecular complexity index is 1060. The fourth-order valence-electron chi connectivity index (χ4n) is 2.94. The molecule has 0 aliphatic carbocycles. The summed E-state index contributed by atoms with van der Waals surface area (Å²) < 4.78 is 12.2. The van der Waals surface area contributed by atoms with Gasteiger partial charge in [-0.1, -0.05) is 29.3 Å². The van der Waals surface area contributed by atoms with Crippen molar-refractivity contribution in [2.45, 2.75) is 20.5 Å². The Morgan fingerprint density at radius 1 is 1.23 bits per heavy atom. The summed E-state index contributed by atoms with van der Waals surface area (Å²) in [5.74, 6) is 1.04. The quantitative estimate of drug-likeness (QED) is 0.366. The zero-order chi connectivity index (χ0) is 22.5. The predicted molar refractivity (Wildman–Crippen MR) is 132 cm³/mol. The van der Waals surface area contributed by atoms with Crippen LogP contribution in [0.2, 0.25) is 10.0 Å². The highest BCUT2D eigenvalue weighted by molar-refractivity contribution is 9.10. The molecular formula is C22H21BrCl2N2O3S. The Hall–Kier alpha value is -1.67. The molecule has 2 aromatic carbocycles. The fourth-order valence-corrected chi connectivity index (χ4v) is 5.09. The van der Waals surface area contributed by atoms with Gasteiger partial charge in [-0.05, 0) is 77.4 Å². The van der Waals surface area contributed by atoms with Crippen LogP contribution in [0.4, 0.5) is 0 Å². The van der Waals surface area contributed by atoms with Crippen molar-refractivity contribution in [2.24, 2.45) is 4.99 Å². The summed E-state index contributed by atoms with van der Waals surface area (Å²) in [4.78, 5) is 19.4. The molecule has 0 aromatic heterocycles. The number of aliphatic imine (C=N–C) groups is 1. The van der Waals surface area contributed by atoms with E-state index in [0.29, 0.717) is 44.0 Å². The van der Waals surface area contributed by atoms with Gasteiger partial charge in [0.05, 0.1) is 16.5 Å². The van der Waals surface area contributed by atoms with Crippen LogP contribution in [0.1, 0.15) is 25.0 Å². The minimum absolute atomic E-state index is 0.0486. The van der Waals surface area contributed by atoms with Gasteiger partial charge in [0.2, 0.25) is 0 Å². The molecule has 0 saturated carbocycles. The van der Waals surface area contributed by atoms with Crippen LogP contribution in [0.25, 0.3) is 6.08 Å². The van der Waals surface area contributed by atoms with Crippen molar-refractivity contribution in [2.75, 3.05) is 20.2 Å². The Morgan fingerprint density at radius 2 is 2.00 bits per heavy atom. The van der Waals surface area contributed by atoms with Crippen LogP contribution in [-0.4, -0.2) is 36.2 Å². The molecule has 31 heavy (non-hydrogen) atoms. The van der Waals surface area contributed by atoms with Crippen molar-refractivity contribution in [3.8, 4) is 11.5 Å². The molecule has 1 heterocycles. The standard InChI is InChI=1S/C22H21BrCl2N2O3S/c1-4-26-22-27(5-2)21(28)19(31-22)10-13-8-16(23)20(18(9-13)29-3)30-12-14-6-7-15(24)11-17(14)25/h6-11H,4-5,12H2,1-3H3/b19-10+,26-22?. The number of hydrogen-bond acceptors (Lipinski definition) is 5. The summed E-state index contributed by atoms with van der Waals surface area (Å²) in [6, 6.07) is 8.97. The molecule has 0 atom stereocenters. The first-order valence-corrected chi connectivity index (χ1v) is 11.9. The van der Waals surface area contributed by atoms with E-state index < -0.39 is 0 Å². The van der Waals surface area contributed by atoms with E-state index in [9.17, 15) is 4.79 Å². The van der Waals surface area contributed by atoms with Gasteiger partial charge in [-0.2, -0.15) is 0 Å². The minimum atomic E-state index is -0.0486. The number of carbonyl (C=O) groups is 1. The number of hydrogen-bond donors (Lipinski definition) is 0. The van der Waals surface area contributed by atoms with E-state index in [4.69, 9.17) is 32.7 Å². The van der Waals surface area contributed by atoms with E-state index >= 15 is 0 Å². The highest BCUT2D eigenvalue weighted by Crippen LogP contribution is 2.40. The van der Waals surface area contributed by atoms with E-state index in [-0.39, 0.29) is 12.5 Å². The van der Waals surface area contributed by atoms with Crippen LogP contribution < -0.4 is 9.47 Å². The topological polar surface area (TPSA) is 51.1 Å². The van der Waals surface area contributed by atoms with Crippen LogP contribution in [0.3, 0.4) is 0 Å². The lowest BCUT2D eigenvalue weighted by atomic mass is 10.1. The molecule has 1 aliphatic rings. The number of halogens is 3. The molecule has 1 aliphatic heterocycles. The van der Waals surface area contributed by atoms with Crippen LogP contribution in [0.15, 0.2) is 44.7 Å². The van der Waals surface area contributed by atoms with Gasteiger partial charge in [0.1, 0.15) is 6.61 Å². The van der Waals surface area contributed by atoms with Gasteiger partial charge in [0, 0.05) is 28.7 Å². The average molecular weight is 544 g/mol. The number of methoxy groups -OCH3 is 1. The van der Waals surface area contributed by atoms with Crippen molar-refractivity contribution >= 4 is 68.0 Å². The molecule has 0 N–H and O–H groups in total. The second-order valence-corrected chi connectivity index (χ2v) is 9.18. The first-order chi connectivity index (χ1) is 14.9. The fraction of sp³-hybridized carbons (Fsp3) is 0.273. The zero-order valence-corrected chi connectivity index (χ0v) is 21.2. The summed E-state index contributed by atoms with van der Waals surface area (Å²) in [5, 5.41) is 1.83. The summed E-state index contributed by atoms with van der Waals surface area (Å²) in [5.41, 5.74) is 1.62. The van der Waals surface area contributed by atoms with Crippen molar-refractivity contribution in [1.29, 1.82) is 0 Å². The van der Waals surface area contributed by atoms with Crippen LogP contribution in [-0.2, 0) is 11.4 Å². The van der Waals surface area contributed by atoms with Crippen molar-refractivity contribution in [3.63, 3.8) is 0 Å². The van der Waals surface area contributed by atoms with Crippen molar-refractivity contribution in [3.05, 3.63) is 60.9 Å². The monoisotopic (exact) mass is 542 g/mol. The number of amides is 1. The van der Waals surface area contributed by atoms with Gasteiger partial charge < -0.3 is 9.47 Å². The van der Waals surface area contributed by atoms with Crippen molar-refractivity contribution in [1.82, 2.24) is 4.90 Å². The Balaban J connectivity index is 1.86. The number of nitrogens with zero attached hydrogens (tertiary/aromatic N) is 2. The highest BCUT2D eigenvalue weighted by atomic mass is 79.9. The molecule has 9 heteroatoms. The second-order valence-electron chi connectivity index (χ2n) is 6.48. The van der Waals surface area contributed by atoms with E-state index in [1.54, 1.807) is 24.1 Å². The molecule has 0 unspecified atom stereocenters. The first kappa shape index (κ1) is 24.0. The maximum absolute atomic E-state index is 12.7. The maximum Gasteiger partial charge on any atom is 0.266 e. The zero-order valence-electron chi connectivity index (χ0n) is 17.2. The van der Waals surface area contributed by atoms with E-state index in [0.717, 1.165) is 16.3 Å².